The zero-order valence-electron chi connectivity index (χ0n) is 9.60. The first kappa shape index (κ1) is 13.5. The van der Waals surface area contributed by atoms with Crippen LogP contribution in [0.15, 0.2) is 18.2 Å². The summed E-state index contributed by atoms with van der Waals surface area (Å²) in [6, 6.07) is 4.96. The Morgan fingerprint density at radius 2 is 1.94 bits per heavy atom. The van der Waals surface area contributed by atoms with Crippen LogP contribution < -0.4 is 5.32 Å². The van der Waals surface area contributed by atoms with Crippen molar-refractivity contribution in [3.63, 3.8) is 0 Å². The second kappa shape index (κ2) is 5.17. The molecule has 88 valence electrons. The molecule has 0 aliphatic rings. The van der Waals surface area contributed by atoms with Crippen LogP contribution in [0, 0.1) is 5.41 Å². The highest BCUT2D eigenvalue weighted by molar-refractivity contribution is 6.42. The third-order valence-corrected chi connectivity index (χ3v) is 3.15. The van der Waals surface area contributed by atoms with E-state index in [0.717, 1.165) is 0 Å². The summed E-state index contributed by atoms with van der Waals surface area (Å²) in [7, 11) is 1.82. The molecule has 0 radical (unpaired) electrons. The minimum Gasteiger partial charge on any atom is -0.319 e. The highest BCUT2D eigenvalue weighted by atomic mass is 35.5. The van der Waals surface area contributed by atoms with Crippen molar-refractivity contribution in [2.24, 2.45) is 5.41 Å². The molecule has 1 aromatic rings. The Bertz CT molecular complexity index is 402. The van der Waals surface area contributed by atoms with Gasteiger partial charge >= 0.3 is 0 Å². The smallest absolute Gasteiger partial charge is 0.169 e. The average molecular weight is 260 g/mol. The number of rotatable bonds is 4. The van der Waals surface area contributed by atoms with Crippen molar-refractivity contribution in [3.05, 3.63) is 33.8 Å². The minimum atomic E-state index is -0.452. The molecule has 16 heavy (non-hydrogen) atoms. The van der Waals surface area contributed by atoms with Crippen LogP contribution in [0.4, 0.5) is 0 Å². The number of hydrogen-bond donors (Lipinski definition) is 1. The maximum absolute atomic E-state index is 12.2. The molecule has 0 saturated carbocycles. The van der Waals surface area contributed by atoms with Gasteiger partial charge in [-0.15, -0.1) is 0 Å². The summed E-state index contributed by atoms with van der Waals surface area (Å²) in [5, 5.41) is 3.88. The molecule has 0 saturated heterocycles. The molecule has 0 spiro atoms. The van der Waals surface area contributed by atoms with Gasteiger partial charge in [-0.25, -0.2) is 0 Å². The number of carbonyl (C=O) groups excluding carboxylic acids is 1. The zero-order chi connectivity index (χ0) is 12.3. The number of Topliss-reactive ketones (excluding diaryl/α,β-unsaturated/α-hetero) is 1. The van der Waals surface area contributed by atoms with Crippen LogP contribution in [-0.4, -0.2) is 19.4 Å². The molecule has 0 unspecified atom stereocenters. The quantitative estimate of drug-likeness (QED) is 0.840. The van der Waals surface area contributed by atoms with Gasteiger partial charge in [0.2, 0.25) is 0 Å². The van der Waals surface area contributed by atoms with Crippen LogP contribution in [0.3, 0.4) is 0 Å². The third kappa shape index (κ3) is 2.97. The van der Waals surface area contributed by atoms with E-state index in [1.165, 1.54) is 0 Å². The number of benzene rings is 1. The molecule has 1 rings (SSSR count). The van der Waals surface area contributed by atoms with Crippen molar-refractivity contribution in [2.75, 3.05) is 13.6 Å². The summed E-state index contributed by atoms with van der Waals surface area (Å²) in [5.41, 5.74) is 0.140. The Labute approximate surface area is 106 Å². The molecule has 4 heteroatoms. The van der Waals surface area contributed by atoms with Crippen molar-refractivity contribution in [1.82, 2.24) is 5.32 Å². The van der Waals surface area contributed by atoms with Crippen molar-refractivity contribution in [2.45, 2.75) is 13.8 Å². The summed E-state index contributed by atoms with van der Waals surface area (Å²) in [6.45, 7) is 4.41. The SMILES string of the molecule is CNCC(C)(C)C(=O)c1ccc(Cl)c(Cl)c1. The van der Waals surface area contributed by atoms with Crippen LogP contribution >= 0.6 is 23.2 Å². The average Bonchev–Trinajstić information content (AvgIpc) is 2.21. The van der Waals surface area contributed by atoms with E-state index in [1.807, 2.05) is 20.9 Å². The molecule has 0 aliphatic heterocycles. The lowest BCUT2D eigenvalue weighted by Gasteiger charge is -2.22. The van der Waals surface area contributed by atoms with E-state index in [9.17, 15) is 4.79 Å². The second-order valence-corrected chi connectivity index (χ2v) is 5.19. The van der Waals surface area contributed by atoms with Crippen LogP contribution in [0.2, 0.25) is 10.0 Å². The largest absolute Gasteiger partial charge is 0.319 e. The van der Waals surface area contributed by atoms with E-state index in [0.29, 0.717) is 22.2 Å². The first-order valence-electron chi connectivity index (χ1n) is 5.03. The van der Waals surface area contributed by atoms with E-state index < -0.39 is 5.41 Å². The van der Waals surface area contributed by atoms with Gasteiger partial charge in [0, 0.05) is 17.5 Å². The summed E-state index contributed by atoms with van der Waals surface area (Å²) < 4.78 is 0. The van der Waals surface area contributed by atoms with Crippen LogP contribution in [0.5, 0.6) is 0 Å². The summed E-state index contributed by atoms with van der Waals surface area (Å²) in [5.74, 6) is 0.0559. The lowest BCUT2D eigenvalue weighted by Crippen LogP contribution is -2.34. The molecule has 0 fully saturated rings. The van der Waals surface area contributed by atoms with Crippen LogP contribution in [0.1, 0.15) is 24.2 Å². The first-order valence-corrected chi connectivity index (χ1v) is 5.78. The Hall–Kier alpha value is -0.570. The summed E-state index contributed by atoms with van der Waals surface area (Å²) in [4.78, 5) is 12.2. The molecule has 0 amide bonds. The fraction of sp³-hybridized carbons (Fsp3) is 0.417. The number of nitrogens with one attached hydrogen (secondary N) is 1. The van der Waals surface area contributed by atoms with Gasteiger partial charge in [-0.2, -0.15) is 0 Å². The van der Waals surface area contributed by atoms with Crippen molar-refractivity contribution < 1.29 is 4.79 Å². The predicted octanol–water partition coefficient (Wildman–Crippen LogP) is 3.42. The van der Waals surface area contributed by atoms with Gasteiger partial charge in [-0.1, -0.05) is 37.0 Å². The van der Waals surface area contributed by atoms with E-state index in [4.69, 9.17) is 23.2 Å². The third-order valence-electron chi connectivity index (χ3n) is 2.42. The normalized spacial score (nSPS) is 11.6. The molecule has 0 atom stereocenters. The van der Waals surface area contributed by atoms with Crippen molar-refractivity contribution in [1.29, 1.82) is 0 Å². The zero-order valence-corrected chi connectivity index (χ0v) is 11.1. The number of hydrogen-bond acceptors (Lipinski definition) is 2. The van der Waals surface area contributed by atoms with Gasteiger partial charge < -0.3 is 5.32 Å². The van der Waals surface area contributed by atoms with Gasteiger partial charge in [-0.3, -0.25) is 4.79 Å². The molecular weight excluding hydrogens is 245 g/mol. The molecule has 0 bridgehead atoms. The topological polar surface area (TPSA) is 29.1 Å². The Kier molecular flexibility index (Phi) is 4.36. The molecular formula is C12H15Cl2NO. The highest BCUT2D eigenvalue weighted by Crippen LogP contribution is 2.27. The molecule has 2 nitrogen and oxygen atoms in total. The van der Waals surface area contributed by atoms with Crippen LogP contribution in [-0.2, 0) is 0 Å². The standard InChI is InChI=1S/C12H15Cl2NO/c1-12(2,7-15-3)11(16)8-4-5-9(13)10(14)6-8/h4-6,15H,7H2,1-3H3. The number of halogens is 2. The predicted molar refractivity (Wildman–Crippen MR) is 68.5 cm³/mol. The summed E-state index contributed by atoms with van der Waals surface area (Å²) in [6.07, 6.45) is 0. The number of ketones is 1. The van der Waals surface area contributed by atoms with Gasteiger partial charge in [0.15, 0.2) is 5.78 Å². The van der Waals surface area contributed by atoms with Crippen molar-refractivity contribution in [3.8, 4) is 0 Å². The molecule has 1 N–H and O–H groups in total. The van der Waals surface area contributed by atoms with Gasteiger partial charge in [0.1, 0.15) is 0 Å². The van der Waals surface area contributed by atoms with E-state index in [2.05, 4.69) is 5.32 Å². The highest BCUT2D eigenvalue weighted by Gasteiger charge is 2.28. The van der Waals surface area contributed by atoms with E-state index in [-0.39, 0.29) is 5.78 Å². The first-order chi connectivity index (χ1) is 7.38. The number of carbonyl (C=O) groups is 1. The molecule has 0 heterocycles. The Morgan fingerprint density at radius 3 is 2.44 bits per heavy atom. The molecule has 0 aliphatic carbocycles. The monoisotopic (exact) mass is 259 g/mol. The maximum atomic E-state index is 12.2. The lowest BCUT2D eigenvalue weighted by atomic mass is 9.84. The fourth-order valence-electron chi connectivity index (χ4n) is 1.55. The fourth-order valence-corrected chi connectivity index (χ4v) is 1.85. The van der Waals surface area contributed by atoms with Gasteiger partial charge in [-0.05, 0) is 25.2 Å². The van der Waals surface area contributed by atoms with Crippen LogP contribution in [0.25, 0.3) is 0 Å². The van der Waals surface area contributed by atoms with Gasteiger partial charge in [0.05, 0.1) is 10.0 Å². The minimum absolute atomic E-state index is 0.0559. The molecule has 1 aromatic carbocycles. The van der Waals surface area contributed by atoms with Gasteiger partial charge in [0.25, 0.3) is 0 Å². The lowest BCUT2D eigenvalue weighted by molar-refractivity contribution is 0.0839. The summed E-state index contributed by atoms with van der Waals surface area (Å²) >= 11 is 11.7. The Balaban J connectivity index is 3.01. The van der Waals surface area contributed by atoms with E-state index >= 15 is 0 Å². The van der Waals surface area contributed by atoms with E-state index in [1.54, 1.807) is 18.2 Å². The van der Waals surface area contributed by atoms with Crippen molar-refractivity contribution >= 4 is 29.0 Å². The Morgan fingerprint density at radius 1 is 1.31 bits per heavy atom. The second-order valence-electron chi connectivity index (χ2n) is 4.37. The molecule has 0 aromatic heterocycles. The maximum Gasteiger partial charge on any atom is 0.169 e.